The van der Waals surface area contributed by atoms with E-state index in [1.807, 2.05) is 32.0 Å². The van der Waals surface area contributed by atoms with Gasteiger partial charge in [-0.15, -0.1) is 0 Å². The van der Waals surface area contributed by atoms with Crippen molar-refractivity contribution < 1.29 is 4.79 Å². The number of benzene rings is 1. The van der Waals surface area contributed by atoms with E-state index in [1.165, 1.54) is 0 Å². The van der Waals surface area contributed by atoms with Crippen LogP contribution in [0.2, 0.25) is 0 Å². The first kappa shape index (κ1) is 14.9. The molecule has 1 aliphatic heterocycles. The Hall–Kier alpha value is -1.46. The fourth-order valence-corrected chi connectivity index (χ4v) is 2.89. The van der Waals surface area contributed by atoms with Gasteiger partial charge in [0.2, 0.25) is 5.91 Å². The van der Waals surface area contributed by atoms with Gasteiger partial charge in [0.15, 0.2) is 0 Å². The maximum Gasteiger partial charge on any atom is 0.240 e. The van der Waals surface area contributed by atoms with Gasteiger partial charge >= 0.3 is 0 Å². The van der Waals surface area contributed by atoms with E-state index in [4.69, 9.17) is 18.0 Å². The van der Waals surface area contributed by atoms with Gasteiger partial charge in [0, 0.05) is 25.6 Å². The average Bonchev–Trinajstić information content (AvgIpc) is 2.40. The van der Waals surface area contributed by atoms with Crippen LogP contribution in [0, 0.1) is 0 Å². The molecule has 2 rings (SSSR count). The summed E-state index contributed by atoms with van der Waals surface area (Å²) in [5.41, 5.74) is 6.34. The van der Waals surface area contributed by atoms with Crippen LogP contribution in [-0.4, -0.2) is 34.4 Å². The van der Waals surface area contributed by atoms with E-state index < -0.39 is 5.54 Å². The normalized spacial score (nSPS) is 20.2. The Morgan fingerprint density at radius 1 is 1.45 bits per heavy atom. The molecule has 0 aromatic heterocycles. The fraction of sp³-hybridized carbons (Fsp3) is 0.467. The van der Waals surface area contributed by atoms with Crippen LogP contribution >= 0.6 is 12.2 Å². The number of carbonyl (C=O) groups is 1. The van der Waals surface area contributed by atoms with E-state index in [0.29, 0.717) is 18.0 Å². The Bertz CT molecular complexity index is 501. The van der Waals surface area contributed by atoms with Crippen LogP contribution in [0.5, 0.6) is 0 Å². The van der Waals surface area contributed by atoms with Gasteiger partial charge in [-0.25, -0.2) is 0 Å². The van der Waals surface area contributed by atoms with Crippen LogP contribution < -0.4 is 11.1 Å². The third kappa shape index (κ3) is 2.99. The standard InChI is InChI=1S/C15H21N3OS/c1-15(2)14(19)17-8-9-18(15)12(10-13(16)20)11-6-4-3-5-7-11/h3-7,12H,8-10H2,1-2H3,(H2,16,20)(H,17,19). The lowest BCUT2D eigenvalue weighted by molar-refractivity contribution is -0.137. The number of hydrogen-bond donors (Lipinski definition) is 2. The monoisotopic (exact) mass is 291 g/mol. The summed E-state index contributed by atoms with van der Waals surface area (Å²) in [6.45, 7) is 5.33. The van der Waals surface area contributed by atoms with Gasteiger partial charge in [-0.05, 0) is 19.4 Å². The highest BCUT2D eigenvalue weighted by atomic mass is 32.1. The Morgan fingerprint density at radius 2 is 2.10 bits per heavy atom. The molecule has 0 aliphatic carbocycles. The first-order valence-electron chi connectivity index (χ1n) is 6.81. The largest absolute Gasteiger partial charge is 0.393 e. The third-order valence-electron chi connectivity index (χ3n) is 3.87. The van der Waals surface area contributed by atoms with Gasteiger partial charge in [-0.1, -0.05) is 42.5 Å². The zero-order valence-electron chi connectivity index (χ0n) is 11.9. The minimum Gasteiger partial charge on any atom is -0.393 e. The van der Waals surface area contributed by atoms with Crippen molar-refractivity contribution in [1.29, 1.82) is 0 Å². The van der Waals surface area contributed by atoms with Crippen molar-refractivity contribution in [1.82, 2.24) is 10.2 Å². The maximum absolute atomic E-state index is 12.1. The molecular weight excluding hydrogens is 270 g/mol. The highest BCUT2D eigenvalue weighted by molar-refractivity contribution is 7.80. The van der Waals surface area contributed by atoms with Crippen molar-refractivity contribution in [2.75, 3.05) is 13.1 Å². The number of carbonyl (C=O) groups excluding carboxylic acids is 1. The van der Waals surface area contributed by atoms with E-state index in [-0.39, 0.29) is 11.9 Å². The third-order valence-corrected chi connectivity index (χ3v) is 4.03. The quantitative estimate of drug-likeness (QED) is 0.828. The van der Waals surface area contributed by atoms with Crippen LogP contribution in [0.1, 0.15) is 31.9 Å². The van der Waals surface area contributed by atoms with Crippen LogP contribution in [0.4, 0.5) is 0 Å². The van der Waals surface area contributed by atoms with Crippen molar-refractivity contribution in [3.05, 3.63) is 35.9 Å². The average molecular weight is 291 g/mol. The lowest BCUT2D eigenvalue weighted by Crippen LogP contribution is -2.62. The highest BCUT2D eigenvalue weighted by Gasteiger charge is 2.41. The predicted molar refractivity (Wildman–Crippen MR) is 84.4 cm³/mol. The minimum atomic E-state index is -0.566. The van der Waals surface area contributed by atoms with Crippen molar-refractivity contribution in [2.24, 2.45) is 5.73 Å². The smallest absolute Gasteiger partial charge is 0.240 e. The van der Waals surface area contributed by atoms with Crippen LogP contribution in [0.15, 0.2) is 30.3 Å². The molecular formula is C15H21N3OS. The van der Waals surface area contributed by atoms with Crippen LogP contribution in [0.3, 0.4) is 0 Å². The number of thiocarbonyl (C=S) groups is 1. The van der Waals surface area contributed by atoms with Crippen molar-refractivity contribution >= 4 is 23.1 Å². The predicted octanol–water partition coefficient (Wildman–Crippen LogP) is 1.61. The molecule has 1 saturated heterocycles. The maximum atomic E-state index is 12.1. The Kier molecular flexibility index (Phi) is 4.40. The molecule has 20 heavy (non-hydrogen) atoms. The summed E-state index contributed by atoms with van der Waals surface area (Å²) < 4.78 is 0. The molecule has 1 unspecified atom stereocenters. The van der Waals surface area contributed by atoms with Gasteiger partial charge in [0.25, 0.3) is 0 Å². The molecule has 1 aliphatic rings. The number of nitrogens with one attached hydrogen (secondary N) is 1. The number of nitrogens with zero attached hydrogens (tertiary/aromatic N) is 1. The first-order chi connectivity index (χ1) is 9.43. The van der Waals surface area contributed by atoms with Crippen LogP contribution in [-0.2, 0) is 4.79 Å². The van der Waals surface area contributed by atoms with Gasteiger partial charge in [0.1, 0.15) is 0 Å². The molecule has 1 atom stereocenters. The van der Waals surface area contributed by atoms with Crippen molar-refractivity contribution in [3.63, 3.8) is 0 Å². The fourth-order valence-electron chi connectivity index (χ4n) is 2.74. The van der Waals surface area contributed by atoms with Gasteiger partial charge in [0.05, 0.1) is 10.5 Å². The molecule has 0 spiro atoms. The number of piperazine rings is 1. The van der Waals surface area contributed by atoms with Gasteiger partial charge in [-0.2, -0.15) is 0 Å². The Balaban J connectivity index is 2.36. The van der Waals surface area contributed by atoms with Gasteiger partial charge in [-0.3, -0.25) is 9.69 Å². The number of nitrogens with two attached hydrogens (primary N) is 1. The molecule has 3 N–H and O–H groups in total. The molecule has 4 nitrogen and oxygen atoms in total. The number of amides is 1. The van der Waals surface area contributed by atoms with Crippen molar-refractivity contribution in [2.45, 2.75) is 31.8 Å². The SMILES string of the molecule is CC1(C)C(=O)NCCN1C(CC(N)=S)c1ccccc1. The second-order valence-corrected chi connectivity index (χ2v) is 6.13. The first-order valence-corrected chi connectivity index (χ1v) is 7.22. The molecule has 108 valence electrons. The summed E-state index contributed by atoms with van der Waals surface area (Å²) in [7, 11) is 0. The zero-order chi connectivity index (χ0) is 14.8. The van der Waals surface area contributed by atoms with E-state index in [2.05, 4.69) is 22.3 Å². The molecule has 1 aromatic carbocycles. The summed E-state index contributed by atoms with van der Waals surface area (Å²) in [5.74, 6) is 0.0487. The Morgan fingerprint density at radius 3 is 2.70 bits per heavy atom. The summed E-state index contributed by atoms with van der Waals surface area (Å²) in [6.07, 6.45) is 0.579. The molecule has 5 heteroatoms. The summed E-state index contributed by atoms with van der Waals surface area (Å²) in [4.78, 5) is 14.8. The summed E-state index contributed by atoms with van der Waals surface area (Å²) in [5, 5.41) is 2.92. The molecule has 1 fully saturated rings. The molecule has 0 radical (unpaired) electrons. The zero-order valence-corrected chi connectivity index (χ0v) is 12.7. The minimum absolute atomic E-state index is 0.0368. The van der Waals surface area contributed by atoms with E-state index in [0.717, 1.165) is 12.1 Å². The second kappa shape index (κ2) is 5.89. The Labute approximate surface area is 125 Å². The van der Waals surface area contributed by atoms with Crippen LogP contribution in [0.25, 0.3) is 0 Å². The molecule has 1 aromatic rings. The molecule has 0 saturated carbocycles. The number of hydrogen-bond acceptors (Lipinski definition) is 3. The highest BCUT2D eigenvalue weighted by Crippen LogP contribution is 2.32. The summed E-state index contributed by atoms with van der Waals surface area (Å²) >= 11 is 5.10. The van der Waals surface area contributed by atoms with Gasteiger partial charge < -0.3 is 11.1 Å². The molecule has 0 bridgehead atoms. The molecule has 1 heterocycles. The number of rotatable bonds is 4. The topological polar surface area (TPSA) is 58.4 Å². The lowest BCUT2D eigenvalue weighted by Gasteiger charge is -2.46. The van der Waals surface area contributed by atoms with E-state index >= 15 is 0 Å². The lowest BCUT2D eigenvalue weighted by atomic mass is 9.92. The molecule has 1 amide bonds. The second-order valence-electron chi connectivity index (χ2n) is 5.61. The van der Waals surface area contributed by atoms with Crippen molar-refractivity contribution in [3.8, 4) is 0 Å². The van der Waals surface area contributed by atoms with E-state index in [9.17, 15) is 4.79 Å². The van der Waals surface area contributed by atoms with E-state index in [1.54, 1.807) is 0 Å². The summed E-state index contributed by atoms with van der Waals surface area (Å²) in [6, 6.07) is 10.1.